The van der Waals surface area contributed by atoms with Crippen LogP contribution in [0.1, 0.15) is 450 Å². The van der Waals surface area contributed by atoms with Gasteiger partial charge < -0.3 is 18.9 Å². The molecular weight excluding hydrogens is 1080 g/mol. The fraction of sp³-hybridized carbons (Fsp3) is 0.873. The summed E-state index contributed by atoms with van der Waals surface area (Å²) in [5, 5.41) is 0. The van der Waals surface area contributed by atoms with Crippen molar-refractivity contribution in [3.63, 3.8) is 0 Å². The molecule has 0 N–H and O–H groups in total. The van der Waals surface area contributed by atoms with E-state index in [1.807, 2.05) is 0 Å². The van der Waals surface area contributed by atoms with E-state index in [4.69, 9.17) is 18.9 Å². The predicted octanol–water partition coefficient (Wildman–Crippen LogP) is 26.6. The lowest BCUT2D eigenvalue weighted by Gasteiger charge is -2.21. The maximum atomic E-state index is 13.7. The summed E-state index contributed by atoms with van der Waals surface area (Å²) < 4.78 is 24.1. The molecule has 0 radical (unpaired) electrons. The van der Waals surface area contributed by atoms with Gasteiger partial charge in [-0.05, 0) is 43.9 Å². The van der Waals surface area contributed by atoms with Gasteiger partial charge in [-0.25, -0.2) is 0 Å². The lowest BCUT2D eigenvalue weighted by atomic mass is 10.0. The van der Waals surface area contributed by atoms with E-state index in [9.17, 15) is 19.2 Å². The Labute approximate surface area is 539 Å². The molecule has 8 heteroatoms. The molecule has 87 heavy (non-hydrogen) atoms. The molecule has 1 aromatic rings. The van der Waals surface area contributed by atoms with E-state index in [2.05, 4.69) is 27.7 Å². The van der Waals surface area contributed by atoms with Gasteiger partial charge in [-0.3, -0.25) is 19.2 Å². The van der Waals surface area contributed by atoms with Crippen molar-refractivity contribution >= 4 is 23.9 Å². The highest BCUT2D eigenvalue weighted by atomic mass is 16.7. The van der Waals surface area contributed by atoms with Crippen LogP contribution in [-0.2, 0) is 28.7 Å². The Morgan fingerprint density at radius 1 is 0.253 bits per heavy atom. The Bertz CT molecular complexity index is 1610. The van der Waals surface area contributed by atoms with Gasteiger partial charge in [-0.1, -0.05) is 387 Å². The largest absolute Gasteiger partial charge is 0.427 e. The first-order valence-electron chi connectivity index (χ1n) is 38.8. The van der Waals surface area contributed by atoms with Crippen LogP contribution in [0.4, 0.5) is 0 Å². The van der Waals surface area contributed by atoms with Crippen molar-refractivity contribution in [3.8, 4) is 11.5 Å². The van der Waals surface area contributed by atoms with Gasteiger partial charge in [0.15, 0.2) is 0 Å². The van der Waals surface area contributed by atoms with Crippen molar-refractivity contribution in [2.24, 2.45) is 0 Å². The zero-order chi connectivity index (χ0) is 62.8. The van der Waals surface area contributed by atoms with Crippen molar-refractivity contribution < 1.29 is 38.1 Å². The van der Waals surface area contributed by atoms with E-state index in [0.29, 0.717) is 19.3 Å². The number of benzene rings is 1. The third kappa shape index (κ3) is 56.8. The molecule has 0 unspecified atom stereocenters. The van der Waals surface area contributed by atoms with Gasteiger partial charge in [0.2, 0.25) is 0 Å². The zero-order valence-electron chi connectivity index (χ0n) is 58.3. The third-order valence-corrected chi connectivity index (χ3v) is 18.1. The molecule has 0 aliphatic rings. The van der Waals surface area contributed by atoms with Crippen LogP contribution in [0.3, 0.4) is 0 Å². The number of carbonyl (C=O) groups excluding carboxylic acids is 4. The number of hydrogen-bond donors (Lipinski definition) is 0. The van der Waals surface area contributed by atoms with Gasteiger partial charge in [-0.2, -0.15) is 0 Å². The summed E-state index contributed by atoms with van der Waals surface area (Å²) in [7, 11) is 0. The number of esters is 4. The molecule has 0 saturated heterocycles. The molecular formula is C79H144O8. The second kappa shape index (κ2) is 66.0. The molecule has 0 aromatic heterocycles. The number of unbranched alkanes of at least 4 members (excludes halogenated alkanes) is 56. The summed E-state index contributed by atoms with van der Waals surface area (Å²) in [6, 6.07) is 4.77. The van der Waals surface area contributed by atoms with E-state index >= 15 is 0 Å². The number of carbonyl (C=O) groups is 4. The topological polar surface area (TPSA) is 105 Å². The lowest BCUT2D eigenvalue weighted by molar-refractivity contribution is -0.190. The molecule has 0 fully saturated rings. The third-order valence-electron chi connectivity index (χ3n) is 18.1. The molecule has 0 aliphatic carbocycles. The summed E-state index contributed by atoms with van der Waals surface area (Å²) in [5.41, 5.74) is 0.201. The predicted molar refractivity (Wildman–Crippen MR) is 371 cm³/mol. The summed E-state index contributed by atoms with van der Waals surface area (Å²) in [6.07, 6.45) is 73.8. The minimum Gasteiger partial charge on any atom is -0.427 e. The highest BCUT2D eigenvalue weighted by molar-refractivity contribution is 5.75. The number of hydrogen-bond acceptors (Lipinski definition) is 8. The van der Waals surface area contributed by atoms with Gasteiger partial charge in [0.25, 0.3) is 6.29 Å². The Morgan fingerprint density at radius 2 is 0.448 bits per heavy atom. The monoisotopic (exact) mass is 1220 g/mol. The standard InChI is InChI=1S/C79H144O8/c1-5-9-13-17-21-25-29-33-37-41-45-49-53-57-61-65-75(80)84-72-69-70-74(85-76(81)66-62-58-54-50-46-42-38-34-30-26-22-18-14-10-6-2)73(71-72)79(86-77(82)67-63-59-55-51-47-43-39-35-31-27-23-19-15-11-7-3)87-78(83)68-64-60-56-52-48-44-40-36-32-28-24-20-16-12-8-4/h69-71,79H,5-68H2,1-4H3. The first-order chi connectivity index (χ1) is 42.8. The first-order valence-corrected chi connectivity index (χ1v) is 38.8. The Kier molecular flexibility index (Phi) is 62.3. The second-order valence-electron chi connectivity index (χ2n) is 26.8. The quantitative estimate of drug-likeness (QED) is 0.0275. The lowest BCUT2D eigenvalue weighted by Crippen LogP contribution is -2.20. The van der Waals surface area contributed by atoms with Crippen LogP contribution in [0.2, 0.25) is 0 Å². The van der Waals surface area contributed by atoms with Crippen LogP contribution in [-0.4, -0.2) is 23.9 Å². The number of rotatable bonds is 69. The average Bonchev–Trinajstić information content (AvgIpc) is 2.13. The van der Waals surface area contributed by atoms with Gasteiger partial charge >= 0.3 is 23.9 Å². The van der Waals surface area contributed by atoms with E-state index in [0.717, 1.165) is 70.6 Å². The highest BCUT2D eigenvalue weighted by Crippen LogP contribution is 2.35. The van der Waals surface area contributed by atoms with E-state index in [1.54, 1.807) is 18.2 Å². The fourth-order valence-corrected chi connectivity index (χ4v) is 12.3. The van der Waals surface area contributed by atoms with Gasteiger partial charge in [0.1, 0.15) is 11.5 Å². The molecule has 1 rings (SSSR count). The van der Waals surface area contributed by atoms with E-state index < -0.39 is 24.2 Å². The molecule has 508 valence electrons. The molecule has 0 amide bonds. The van der Waals surface area contributed by atoms with Gasteiger partial charge in [-0.15, -0.1) is 0 Å². The van der Waals surface area contributed by atoms with E-state index in [1.165, 1.54) is 295 Å². The van der Waals surface area contributed by atoms with Crippen LogP contribution in [0.25, 0.3) is 0 Å². The van der Waals surface area contributed by atoms with Crippen LogP contribution in [0.15, 0.2) is 18.2 Å². The molecule has 0 atom stereocenters. The average molecular weight is 1220 g/mol. The van der Waals surface area contributed by atoms with Crippen molar-refractivity contribution in [1.29, 1.82) is 0 Å². The number of ether oxygens (including phenoxy) is 4. The summed E-state index contributed by atoms with van der Waals surface area (Å²) in [4.78, 5) is 54.3. The minimum atomic E-state index is -1.46. The van der Waals surface area contributed by atoms with Crippen molar-refractivity contribution in [3.05, 3.63) is 23.8 Å². The van der Waals surface area contributed by atoms with Crippen LogP contribution >= 0.6 is 0 Å². The molecule has 0 heterocycles. The molecule has 1 aromatic carbocycles. The SMILES string of the molecule is CCCCCCCCCCCCCCCCCC(=O)Oc1ccc(OC(=O)CCCCCCCCCCCCCCCCC)c(C(OC(=O)CCCCCCCCCCCCCCCCC)OC(=O)CCCCCCCCCCCCCCCCC)c1. The van der Waals surface area contributed by atoms with Crippen molar-refractivity contribution in [2.75, 3.05) is 0 Å². The zero-order valence-corrected chi connectivity index (χ0v) is 58.3. The fourth-order valence-electron chi connectivity index (χ4n) is 12.3. The maximum Gasteiger partial charge on any atom is 0.311 e. The van der Waals surface area contributed by atoms with Crippen LogP contribution in [0.5, 0.6) is 11.5 Å². The van der Waals surface area contributed by atoms with Gasteiger partial charge in [0.05, 0.1) is 5.56 Å². The second-order valence-corrected chi connectivity index (χ2v) is 26.8. The maximum absolute atomic E-state index is 13.7. The molecule has 0 bridgehead atoms. The van der Waals surface area contributed by atoms with E-state index in [-0.39, 0.29) is 48.7 Å². The highest BCUT2D eigenvalue weighted by Gasteiger charge is 2.27. The molecule has 0 spiro atoms. The van der Waals surface area contributed by atoms with Crippen LogP contribution in [0, 0.1) is 0 Å². The van der Waals surface area contributed by atoms with Crippen molar-refractivity contribution in [1.82, 2.24) is 0 Å². The van der Waals surface area contributed by atoms with Gasteiger partial charge in [0, 0.05) is 25.7 Å². The Morgan fingerprint density at radius 3 is 0.678 bits per heavy atom. The molecule has 8 nitrogen and oxygen atoms in total. The first kappa shape index (κ1) is 82.1. The normalized spacial score (nSPS) is 11.5. The molecule has 0 saturated carbocycles. The Balaban J connectivity index is 2.95. The van der Waals surface area contributed by atoms with Crippen molar-refractivity contribution in [2.45, 2.75) is 445 Å². The smallest absolute Gasteiger partial charge is 0.311 e. The summed E-state index contributed by atoms with van der Waals surface area (Å²) in [6.45, 7) is 9.10. The summed E-state index contributed by atoms with van der Waals surface area (Å²) in [5.74, 6) is -1.30. The van der Waals surface area contributed by atoms with Crippen LogP contribution < -0.4 is 9.47 Å². The molecule has 0 aliphatic heterocycles. The summed E-state index contributed by atoms with van der Waals surface area (Å²) >= 11 is 0. The Hall–Kier alpha value is -2.90. The minimum absolute atomic E-state index is 0.146.